The van der Waals surface area contributed by atoms with E-state index in [4.69, 9.17) is 0 Å². The Hall–Kier alpha value is -2.01. The number of hydrogen-bond acceptors (Lipinski definition) is 2. The molecule has 1 aromatic heterocycles. The van der Waals surface area contributed by atoms with Crippen LogP contribution in [0.15, 0.2) is 58.4 Å². The number of pyridine rings is 1. The molecule has 0 aliphatic carbocycles. The maximum atomic E-state index is 11.8. The summed E-state index contributed by atoms with van der Waals surface area (Å²) in [5.74, 6) is -0.232. The Morgan fingerprint density at radius 1 is 1.32 bits per heavy atom. The van der Waals surface area contributed by atoms with Crippen LogP contribution in [-0.4, -0.2) is 12.1 Å². The van der Waals surface area contributed by atoms with Gasteiger partial charge in [-0.3, -0.25) is 4.79 Å². The number of hydrogen-bond donors (Lipinski definition) is 1. The summed E-state index contributed by atoms with van der Waals surface area (Å²) in [5, 5.41) is 3.93. The summed E-state index contributed by atoms with van der Waals surface area (Å²) in [6, 6.07) is 11.2. The van der Waals surface area contributed by atoms with Gasteiger partial charge in [-0.1, -0.05) is 28.1 Å². The van der Waals surface area contributed by atoms with Gasteiger partial charge in [0.1, 0.15) is 12.6 Å². The van der Waals surface area contributed by atoms with Crippen LogP contribution in [0.4, 0.5) is 0 Å². The topological polar surface area (TPSA) is 45.3 Å². The first-order valence-corrected chi connectivity index (χ1v) is 6.49. The van der Waals surface area contributed by atoms with Crippen LogP contribution in [0.3, 0.4) is 0 Å². The number of halogens is 1. The van der Waals surface area contributed by atoms with Crippen LogP contribution in [0.25, 0.3) is 0 Å². The molecule has 0 aliphatic heterocycles. The van der Waals surface area contributed by atoms with Crippen molar-refractivity contribution in [3.63, 3.8) is 0 Å². The number of amides is 1. The molecule has 0 saturated heterocycles. The van der Waals surface area contributed by atoms with Gasteiger partial charge in [-0.15, -0.1) is 0 Å². The lowest BCUT2D eigenvalue weighted by Crippen LogP contribution is -2.29. The van der Waals surface area contributed by atoms with E-state index in [9.17, 15) is 4.79 Å². The summed E-state index contributed by atoms with van der Waals surface area (Å²) in [5.41, 5.74) is 3.98. The van der Waals surface area contributed by atoms with E-state index in [1.54, 1.807) is 18.5 Å². The van der Waals surface area contributed by atoms with Gasteiger partial charge in [-0.25, -0.2) is 9.99 Å². The molecule has 1 N–H and O–H groups in total. The Morgan fingerprint density at radius 3 is 2.74 bits per heavy atom. The van der Waals surface area contributed by atoms with Gasteiger partial charge in [0.15, 0.2) is 12.4 Å². The Bertz CT molecular complexity index is 608. The van der Waals surface area contributed by atoms with Crippen molar-refractivity contribution in [2.24, 2.45) is 12.1 Å². The van der Waals surface area contributed by atoms with Crippen molar-refractivity contribution in [2.45, 2.75) is 0 Å². The molecule has 19 heavy (non-hydrogen) atoms. The van der Waals surface area contributed by atoms with Crippen molar-refractivity contribution < 1.29 is 9.36 Å². The Morgan fingerprint density at radius 2 is 2.05 bits per heavy atom. The highest BCUT2D eigenvalue weighted by molar-refractivity contribution is 9.10. The summed E-state index contributed by atoms with van der Waals surface area (Å²) in [7, 11) is 1.86. The molecule has 1 heterocycles. The molecule has 2 rings (SSSR count). The van der Waals surface area contributed by atoms with Crippen LogP contribution in [-0.2, 0) is 7.05 Å². The minimum Gasteiger partial charge on any atom is -0.267 e. The zero-order valence-corrected chi connectivity index (χ0v) is 12.0. The molecule has 0 saturated carbocycles. The predicted molar refractivity (Wildman–Crippen MR) is 76.8 cm³/mol. The molecule has 0 fully saturated rings. The molecule has 0 aliphatic rings. The number of carbonyl (C=O) groups is 1. The molecule has 1 aromatic carbocycles. The van der Waals surface area contributed by atoms with E-state index in [0.29, 0.717) is 5.56 Å². The van der Waals surface area contributed by atoms with Gasteiger partial charge in [0.2, 0.25) is 0 Å². The fraction of sp³-hybridized carbons (Fsp3) is 0.0714. The standard InChI is InChI=1S/C14H12BrN3O/c1-18-8-2-3-12(10-18)14(19)17-16-9-11-4-6-13(15)7-5-11/h2-10H,1H3/p+1/b16-9+. The van der Waals surface area contributed by atoms with E-state index >= 15 is 0 Å². The highest BCUT2D eigenvalue weighted by Gasteiger charge is 2.07. The molecule has 2 aromatic rings. The first kappa shape index (κ1) is 13.4. The van der Waals surface area contributed by atoms with Gasteiger partial charge in [-0.2, -0.15) is 5.10 Å². The SMILES string of the molecule is C[n+]1cccc(C(=O)N/N=C/c2ccc(Br)cc2)c1. The quantitative estimate of drug-likeness (QED) is 0.525. The van der Waals surface area contributed by atoms with Gasteiger partial charge >= 0.3 is 0 Å². The fourth-order valence-corrected chi connectivity index (χ4v) is 1.77. The second-order valence-corrected chi connectivity index (χ2v) is 4.92. The van der Waals surface area contributed by atoms with Crippen molar-refractivity contribution in [3.05, 3.63) is 64.4 Å². The van der Waals surface area contributed by atoms with E-state index in [0.717, 1.165) is 10.0 Å². The maximum absolute atomic E-state index is 11.8. The first-order chi connectivity index (χ1) is 9.15. The summed E-state index contributed by atoms with van der Waals surface area (Å²) in [4.78, 5) is 11.8. The van der Waals surface area contributed by atoms with E-state index in [1.165, 1.54) is 0 Å². The minimum atomic E-state index is -0.232. The lowest BCUT2D eigenvalue weighted by Gasteiger charge is -1.98. The van der Waals surface area contributed by atoms with Crippen LogP contribution in [0, 0.1) is 0 Å². The van der Waals surface area contributed by atoms with E-state index in [-0.39, 0.29) is 5.91 Å². The lowest BCUT2D eigenvalue weighted by atomic mass is 10.2. The second kappa shape index (κ2) is 6.24. The molecule has 1 amide bonds. The maximum Gasteiger partial charge on any atom is 0.277 e. The van der Waals surface area contributed by atoms with Gasteiger partial charge in [-0.05, 0) is 23.8 Å². The third-order valence-electron chi connectivity index (χ3n) is 2.45. The van der Waals surface area contributed by atoms with Gasteiger partial charge in [0.25, 0.3) is 5.91 Å². The Kier molecular flexibility index (Phi) is 4.41. The van der Waals surface area contributed by atoms with Crippen LogP contribution < -0.4 is 9.99 Å². The molecule has 4 nitrogen and oxygen atoms in total. The van der Waals surface area contributed by atoms with Crippen LogP contribution in [0.5, 0.6) is 0 Å². The normalized spacial score (nSPS) is 10.6. The Balaban J connectivity index is 1.98. The number of aromatic nitrogens is 1. The summed E-state index contributed by atoms with van der Waals surface area (Å²) >= 11 is 3.36. The minimum absolute atomic E-state index is 0.232. The van der Waals surface area contributed by atoms with Gasteiger partial charge in [0.05, 0.1) is 6.21 Å². The smallest absolute Gasteiger partial charge is 0.267 e. The highest BCUT2D eigenvalue weighted by atomic mass is 79.9. The molecular weight excluding hydrogens is 306 g/mol. The highest BCUT2D eigenvalue weighted by Crippen LogP contribution is 2.08. The van der Waals surface area contributed by atoms with Crippen molar-refractivity contribution in [1.29, 1.82) is 0 Å². The molecule has 0 unspecified atom stereocenters. The molecule has 0 atom stereocenters. The Labute approximate surface area is 119 Å². The third-order valence-corrected chi connectivity index (χ3v) is 2.98. The largest absolute Gasteiger partial charge is 0.277 e. The number of nitrogens with one attached hydrogen (secondary N) is 1. The second-order valence-electron chi connectivity index (χ2n) is 4.01. The van der Waals surface area contributed by atoms with Crippen LogP contribution >= 0.6 is 15.9 Å². The zero-order valence-electron chi connectivity index (χ0n) is 10.4. The van der Waals surface area contributed by atoms with E-state index in [1.807, 2.05) is 48.1 Å². The molecule has 96 valence electrons. The van der Waals surface area contributed by atoms with E-state index in [2.05, 4.69) is 26.5 Å². The summed E-state index contributed by atoms with van der Waals surface area (Å²) in [6.07, 6.45) is 5.21. The molecule has 0 radical (unpaired) electrons. The number of rotatable bonds is 3. The predicted octanol–water partition coefficient (Wildman–Crippen LogP) is 2.04. The third kappa shape index (κ3) is 3.99. The van der Waals surface area contributed by atoms with Crippen molar-refractivity contribution in [3.8, 4) is 0 Å². The lowest BCUT2D eigenvalue weighted by molar-refractivity contribution is -0.671. The fourth-order valence-electron chi connectivity index (χ4n) is 1.50. The van der Waals surface area contributed by atoms with E-state index < -0.39 is 0 Å². The average Bonchev–Trinajstić information content (AvgIpc) is 2.41. The molecule has 0 bridgehead atoms. The monoisotopic (exact) mass is 318 g/mol. The van der Waals surface area contributed by atoms with Crippen molar-refractivity contribution in [1.82, 2.24) is 5.43 Å². The summed E-state index contributed by atoms with van der Waals surface area (Å²) < 4.78 is 2.82. The summed E-state index contributed by atoms with van der Waals surface area (Å²) in [6.45, 7) is 0. The number of carbonyl (C=O) groups excluding carboxylic acids is 1. The number of aryl methyl sites for hydroxylation is 1. The zero-order chi connectivity index (χ0) is 13.7. The van der Waals surface area contributed by atoms with Crippen LogP contribution in [0.2, 0.25) is 0 Å². The van der Waals surface area contributed by atoms with Gasteiger partial charge in [0, 0.05) is 10.5 Å². The van der Waals surface area contributed by atoms with Gasteiger partial charge < -0.3 is 0 Å². The molecular formula is C14H13BrN3O+. The molecule has 5 heteroatoms. The number of nitrogens with zero attached hydrogens (tertiary/aromatic N) is 2. The van der Waals surface area contributed by atoms with Crippen molar-refractivity contribution >= 4 is 28.1 Å². The average molecular weight is 319 g/mol. The molecule has 0 spiro atoms. The number of hydrazone groups is 1. The first-order valence-electron chi connectivity index (χ1n) is 5.69. The van der Waals surface area contributed by atoms with Crippen LogP contribution in [0.1, 0.15) is 15.9 Å². The van der Waals surface area contributed by atoms with Crippen molar-refractivity contribution in [2.75, 3.05) is 0 Å². The number of benzene rings is 1.